The SMILES string of the molecule is CC1CCN(c2ccc(C(=O)NCCc3ccc(N)cc3)cc2[N+](=O)[O-])CC1. The Labute approximate surface area is 164 Å². The normalized spacial score (nSPS) is 14.7. The van der Waals surface area contributed by atoms with Gasteiger partial charge in [-0.25, -0.2) is 0 Å². The number of rotatable bonds is 6. The van der Waals surface area contributed by atoms with Crippen LogP contribution in [0, 0.1) is 16.0 Å². The number of hydrogen-bond donors (Lipinski definition) is 2. The first kappa shape index (κ1) is 19.7. The Kier molecular flexibility index (Phi) is 6.13. The topological polar surface area (TPSA) is 102 Å². The maximum atomic E-state index is 12.4. The van der Waals surface area contributed by atoms with Crippen molar-refractivity contribution in [3.63, 3.8) is 0 Å². The quantitative estimate of drug-likeness (QED) is 0.453. The van der Waals surface area contributed by atoms with Gasteiger partial charge in [0.2, 0.25) is 0 Å². The van der Waals surface area contributed by atoms with Crippen LogP contribution in [0.15, 0.2) is 42.5 Å². The van der Waals surface area contributed by atoms with Gasteiger partial charge in [0, 0.05) is 37.0 Å². The van der Waals surface area contributed by atoms with Gasteiger partial charge in [0.05, 0.1) is 4.92 Å². The number of amides is 1. The average molecular weight is 382 g/mol. The zero-order valence-electron chi connectivity index (χ0n) is 16.1. The van der Waals surface area contributed by atoms with Crippen molar-refractivity contribution < 1.29 is 9.72 Å². The molecule has 1 heterocycles. The largest absolute Gasteiger partial charge is 0.399 e. The lowest BCUT2D eigenvalue weighted by molar-refractivity contribution is -0.384. The van der Waals surface area contributed by atoms with Crippen molar-refractivity contribution in [2.45, 2.75) is 26.2 Å². The maximum absolute atomic E-state index is 12.4. The molecule has 148 valence electrons. The maximum Gasteiger partial charge on any atom is 0.293 e. The Morgan fingerprint density at radius 1 is 1.21 bits per heavy atom. The summed E-state index contributed by atoms with van der Waals surface area (Å²) < 4.78 is 0. The summed E-state index contributed by atoms with van der Waals surface area (Å²) in [5.74, 6) is 0.332. The molecule has 0 atom stereocenters. The van der Waals surface area contributed by atoms with E-state index in [4.69, 9.17) is 5.73 Å². The predicted molar refractivity (Wildman–Crippen MR) is 111 cm³/mol. The first-order valence-electron chi connectivity index (χ1n) is 9.60. The number of nitrogens with zero attached hydrogens (tertiary/aromatic N) is 2. The third kappa shape index (κ3) is 4.79. The van der Waals surface area contributed by atoms with Crippen molar-refractivity contribution in [1.82, 2.24) is 5.32 Å². The summed E-state index contributed by atoms with van der Waals surface area (Å²) >= 11 is 0. The van der Waals surface area contributed by atoms with Crippen LogP contribution in [0.4, 0.5) is 17.1 Å². The van der Waals surface area contributed by atoms with E-state index in [0.717, 1.165) is 31.5 Å². The fraction of sp³-hybridized carbons (Fsp3) is 0.381. The minimum atomic E-state index is -0.404. The zero-order valence-corrected chi connectivity index (χ0v) is 16.1. The van der Waals surface area contributed by atoms with Crippen molar-refractivity contribution in [3.05, 3.63) is 63.7 Å². The molecule has 3 rings (SSSR count). The van der Waals surface area contributed by atoms with Gasteiger partial charge in [0.25, 0.3) is 11.6 Å². The fourth-order valence-electron chi connectivity index (χ4n) is 3.43. The lowest BCUT2D eigenvalue weighted by Gasteiger charge is -2.31. The van der Waals surface area contributed by atoms with Crippen LogP contribution >= 0.6 is 0 Å². The van der Waals surface area contributed by atoms with Crippen LogP contribution in [-0.2, 0) is 6.42 Å². The number of nitrogens with one attached hydrogen (secondary N) is 1. The van der Waals surface area contributed by atoms with Crippen molar-refractivity contribution in [2.24, 2.45) is 5.92 Å². The Hall–Kier alpha value is -3.09. The van der Waals surface area contributed by atoms with E-state index in [0.29, 0.717) is 35.8 Å². The lowest BCUT2D eigenvalue weighted by Crippen LogP contribution is -2.33. The van der Waals surface area contributed by atoms with Crippen molar-refractivity contribution in [3.8, 4) is 0 Å². The first-order chi connectivity index (χ1) is 13.4. The molecular weight excluding hydrogens is 356 g/mol. The second-order valence-electron chi connectivity index (χ2n) is 7.38. The molecule has 2 aromatic rings. The second-order valence-corrected chi connectivity index (χ2v) is 7.38. The van der Waals surface area contributed by atoms with Crippen molar-refractivity contribution >= 4 is 23.0 Å². The molecule has 0 bridgehead atoms. The Bertz CT molecular complexity index is 843. The number of anilines is 2. The average Bonchev–Trinajstić information content (AvgIpc) is 2.69. The van der Waals surface area contributed by atoms with Gasteiger partial charge in [-0.05, 0) is 55.0 Å². The Balaban J connectivity index is 1.66. The fourth-order valence-corrected chi connectivity index (χ4v) is 3.43. The second kappa shape index (κ2) is 8.73. The molecule has 7 heteroatoms. The summed E-state index contributed by atoms with van der Waals surface area (Å²) in [6, 6.07) is 12.2. The third-order valence-electron chi connectivity index (χ3n) is 5.24. The summed E-state index contributed by atoms with van der Waals surface area (Å²) in [7, 11) is 0. The van der Waals surface area contributed by atoms with E-state index in [-0.39, 0.29) is 11.6 Å². The molecule has 0 radical (unpaired) electrons. The van der Waals surface area contributed by atoms with E-state index in [9.17, 15) is 14.9 Å². The van der Waals surface area contributed by atoms with Crippen LogP contribution in [0.25, 0.3) is 0 Å². The van der Waals surface area contributed by atoms with E-state index in [1.54, 1.807) is 12.1 Å². The van der Waals surface area contributed by atoms with Crippen LogP contribution < -0.4 is 16.0 Å². The summed E-state index contributed by atoms with van der Waals surface area (Å²) in [6.07, 6.45) is 2.70. The van der Waals surface area contributed by atoms with E-state index < -0.39 is 4.92 Å². The number of piperidine rings is 1. The van der Waals surface area contributed by atoms with Crippen LogP contribution in [0.5, 0.6) is 0 Å². The predicted octanol–water partition coefficient (Wildman–Crippen LogP) is 3.39. The number of nitrogens with two attached hydrogens (primary N) is 1. The molecule has 1 aliphatic rings. The Morgan fingerprint density at radius 3 is 2.54 bits per heavy atom. The van der Waals surface area contributed by atoms with E-state index in [2.05, 4.69) is 12.2 Å². The number of nitro groups is 1. The molecule has 1 saturated heterocycles. The molecule has 0 saturated carbocycles. The molecule has 1 amide bonds. The number of benzene rings is 2. The summed E-state index contributed by atoms with van der Waals surface area (Å²) in [4.78, 5) is 25.6. The minimum absolute atomic E-state index is 0.0132. The molecule has 1 aliphatic heterocycles. The molecule has 3 N–H and O–H groups in total. The number of hydrogen-bond acceptors (Lipinski definition) is 5. The molecule has 0 aromatic heterocycles. The number of nitrogen functional groups attached to an aromatic ring is 1. The van der Waals surface area contributed by atoms with E-state index >= 15 is 0 Å². The number of nitro benzene ring substituents is 1. The minimum Gasteiger partial charge on any atom is -0.399 e. The molecule has 2 aromatic carbocycles. The smallest absolute Gasteiger partial charge is 0.293 e. The highest BCUT2D eigenvalue weighted by molar-refractivity contribution is 5.95. The van der Waals surface area contributed by atoms with Crippen molar-refractivity contribution in [1.29, 1.82) is 0 Å². The van der Waals surface area contributed by atoms with Gasteiger partial charge in [-0.1, -0.05) is 19.1 Å². The molecule has 0 unspecified atom stereocenters. The van der Waals surface area contributed by atoms with Gasteiger partial charge in [0.1, 0.15) is 5.69 Å². The first-order valence-corrected chi connectivity index (χ1v) is 9.60. The molecule has 7 nitrogen and oxygen atoms in total. The van der Waals surface area contributed by atoms with Crippen LogP contribution in [0.1, 0.15) is 35.7 Å². The monoisotopic (exact) mass is 382 g/mol. The molecule has 0 aliphatic carbocycles. The van der Waals surface area contributed by atoms with Crippen molar-refractivity contribution in [2.75, 3.05) is 30.3 Å². The van der Waals surface area contributed by atoms with Gasteiger partial charge >= 0.3 is 0 Å². The van der Waals surface area contributed by atoms with E-state index in [1.807, 2.05) is 29.2 Å². The van der Waals surface area contributed by atoms with Crippen LogP contribution in [-0.4, -0.2) is 30.5 Å². The van der Waals surface area contributed by atoms with Gasteiger partial charge < -0.3 is 16.0 Å². The highest BCUT2D eigenvalue weighted by Gasteiger charge is 2.24. The van der Waals surface area contributed by atoms with E-state index in [1.165, 1.54) is 6.07 Å². The molecule has 28 heavy (non-hydrogen) atoms. The Morgan fingerprint density at radius 2 is 1.89 bits per heavy atom. The molecular formula is C21H26N4O3. The highest BCUT2D eigenvalue weighted by Crippen LogP contribution is 2.32. The van der Waals surface area contributed by atoms with Crippen LogP contribution in [0.2, 0.25) is 0 Å². The number of carbonyl (C=O) groups excluding carboxylic acids is 1. The molecule has 1 fully saturated rings. The zero-order chi connectivity index (χ0) is 20.1. The van der Waals surface area contributed by atoms with Gasteiger partial charge in [-0.15, -0.1) is 0 Å². The van der Waals surface area contributed by atoms with Gasteiger partial charge in [-0.2, -0.15) is 0 Å². The summed E-state index contributed by atoms with van der Waals surface area (Å²) in [6.45, 7) is 4.25. The summed E-state index contributed by atoms with van der Waals surface area (Å²) in [5, 5.41) is 14.4. The van der Waals surface area contributed by atoms with Gasteiger partial charge in [-0.3, -0.25) is 14.9 Å². The summed E-state index contributed by atoms with van der Waals surface area (Å²) in [5.41, 5.74) is 8.31. The molecule has 0 spiro atoms. The van der Waals surface area contributed by atoms with Gasteiger partial charge in [0.15, 0.2) is 0 Å². The number of carbonyl (C=O) groups is 1. The standard InChI is InChI=1S/C21H26N4O3/c1-15-9-12-24(13-10-15)19-7-4-17(14-20(19)25(27)28)21(26)23-11-8-16-2-5-18(22)6-3-16/h2-7,14-15H,8-13,22H2,1H3,(H,23,26). The lowest BCUT2D eigenvalue weighted by atomic mass is 9.98. The van der Waals surface area contributed by atoms with Crippen LogP contribution in [0.3, 0.4) is 0 Å². The highest BCUT2D eigenvalue weighted by atomic mass is 16.6. The third-order valence-corrected chi connectivity index (χ3v) is 5.24.